The molecule has 0 bridgehead atoms. The van der Waals surface area contributed by atoms with Crippen LogP contribution in [0.2, 0.25) is 0 Å². The smallest absolute Gasteiger partial charge is 0.0434 e. The van der Waals surface area contributed by atoms with Crippen LogP contribution in [0, 0.1) is 0 Å². The third-order valence-corrected chi connectivity index (χ3v) is 3.12. The van der Waals surface area contributed by atoms with Gasteiger partial charge in [0.25, 0.3) is 0 Å². The van der Waals surface area contributed by atoms with Gasteiger partial charge in [0.05, 0.1) is 0 Å². The summed E-state index contributed by atoms with van der Waals surface area (Å²) in [5.74, 6) is 0. The molecular formula is C16H20N2. The van der Waals surface area contributed by atoms with Crippen LogP contribution < -0.4 is 10.9 Å². The molecule has 18 heavy (non-hydrogen) atoms. The fourth-order valence-corrected chi connectivity index (χ4v) is 1.90. The molecule has 2 heteroatoms. The molecule has 0 unspecified atom stereocenters. The summed E-state index contributed by atoms with van der Waals surface area (Å²) in [6.45, 7) is 4.31. The normalized spacial score (nSPS) is 14.1. The van der Waals surface area contributed by atoms with Gasteiger partial charge in [-0.2, -0.15) is 0 Å². The third kappa shape index (κ3) is 3.42. The van der Waals surface area contributed by atoms with Gasteiger partial charge < -0.3 is 0 Å². The van der Waals surface area contributed by atoms with Gasteiger partial charge in [-0.25, -0.2) is 0 Å². The first kappa shape index (κ1) is 12.8. The van der Waals surface area contributed by atoms with Crippen molar-refractivity contribution in [3.05, 3.63) is 71.8 Å². The zero-order chi connectivity index (χ0) is 12.8. The van der Waals surface area contributed by atoms with Crippen LogP contribution in [-0.4, -0.2) is 0 Å². The van der Waals surface area contributed by atoms with Gasteiger partial charge in [-0.05, 0) is 25.0 Å². The summed E-state index contributed by atoms with van der Waals surface area (Å²) in [6, 6.07) is 21.4. The number of hydrogen-bond acceptors (Lipinski definition) is 2. The molecule has 0 aliphatic heterocycles. The van der Waals surface area contributed by atoms with Crippen molar-refractivity contribution >= 4 is 0 Å². The third-order valence-electron chi connectivity index (χ3n) is 3.12. The Bertz CT molecular complexity index is 408. The summed E-state index contributed by atoms with van der Waals surface area (Å²) < 4.78 is 0. The summed E-state index contributed by atoms with van der Waals surface area (Å²) >= 11 is 0. The van der Waals surface area contributed by atoms with Crippen LogP contribution in [0.3, 0.4) is 0 Å². The van der Waals surface area contributed by atoms with E-state index >= 15 is 0 Å². The second-order valence-corrected chi connectivity index (χ2v) is 4.55. The molecule has 0 amide bonds. The maximum absolute atomic E-state index is 3.35. The van der Waals surface area contributed by atoms with Gasteiger partial charge in [-0.3, -0.25) is 10.9 Å². The van der Waals surface area contributed by atoms with E-state index < -0.39 is 0 Å². The highest BCUT2D eigenvalue weighted by Crippen LogP contribution is 2.13. The standard InChI is InChI=1S/C16H20N2/c1-13(15-9-5-3-6-10-15)17-18-14(2)16-11-7-4-8-12-16/h3-14,17-18H,1-2H3/t13-,14+. The molecule has 2 rings (SSSR count). The Morgan fingerprint density at radius 2 is 0.944 bits per heavy atom. The highest BCUT2D eigenvalue weighted by molar-refractivity contribution is 5.19. The van der Waals surface area contributed by atoms with Gasteiger partial charge in [0.1, 0.15) is 0 Å². The van der Waals surface area contributed by atoms with Crippen LogP contribution >= 0.6 is 0 Å². The van der Waals surface area contributed by atoms with Crippen molar-refractivity contribution in [2.45, 2.75) is 25.9 Å². The SMILES string of the molecule is C[C@H](NN[C@H](C)c1ccccc1)c1ccccc1. The molecule has 2 aromatic carbocycles. The Morgan fingerprint density at radius 1 is 0.611 bits per heavy atom. The van der Waals surface area contributed by atoms with E-state index in [0.29, 0.717) is 0 Å². The molecule has 94 valence electrons. The lowest BCUT2D eigenvalue weighted by molar-refractivity contribution is 0.411. The second kappa shape index (κ2) is 6.34. The zero-order valence-corrected chi connectivity index (χ0v) is 10.9. The Morgan fingerprint density at radius 3 is 1.28 bits per heavy atom. The van der Waals surface area contributed by atoms with Crippen molar-refractivity contribution < 1.29 is 0 Å². The fourth-order valence-electron chi connectivity index (χ4n) is 1.90. The summed E-state index contributed by atoms with van der Waals surface area (Å²) in [6.07, 6.45) is 0. The van der Waals surface area contributed by atoms with E-state index in [-0.39, 0.29) is 12.1 Å². The number of hydrazine groups is 1. The van der Waals surface area contributed by atoms with E-state index in [4.69, 9.17) is 0 Å². The van der Waals surface area contributed by atoms with E-state index in [1.807, 2.05) is 12.1 Å². The Labute approximate surface area is 109 Å². The maximum Gasteiger partial charge on any atom is 0.0434 e. The van der Waals surface area contributed by atoms with Gasteiger partial charge in [-0.1, -0.05) is 60.7 Å². The lowest BCUT2D eigenvalue weighted by atomic mass is 10.1. The molecule has 0 radical (unpaired) electrons. The number of nitrogens with one attached hydrogen (secondary N) is 2. The maximum atomic E-state index is 3.35. The molecule has 2 nitrogen and oxygen atoms in total. The van der Waals surface area contributed by atoms with Crippen molar-refractivity contribution in [1.29, 1.82) is 0 Å². The minimum atomic E-state index is 0.289. The van der Waals surface area contributed by atoms with Crippen LogP contribution in [0.4, 0.5) is 0 Å². The highest BCUT2D eigenvalue weighted by atomic mass is 15.4. The quantitative estimate of drug-likeness (QED) is 0.780. The molecule has 2 aromatic rings. The van der Waals surface area contributed by atoms with E-state index in [9.17, 15) is 0 Å². The fraction of sp³-hybridized carbons (Fsp3) is 0.250. The van der Waals surface area contributed by atoms with Crippen molar-refractivity contribution in [1.82, 2.24) is 10.9 Å². The molecular weight excluding hydrogens is 220 g/mol. The molecule has 0 aliphatic carbocycles. The van der Waals surface area contributed by atoms with Gasteiger partial charge in [0.15, 0.2) is 0 Å². The zero-order valence-electron chi connectivity index (χ0n) is 10.9. The van der Waals surface area contributed by atoms with Gasteiger partial charge in [-0.15, -0.1) is 0 Å². The van der Waals surface area contributed by atoms with E-state index in [1.165, 1.54) is 11.1 Å². The van der Waals surface area contributed by atoms with Crippen molar-refractivity contribution in [3.8, 4) is 0 Å². The van der Waals surface area contributed by atoms with E-state index in [2.05, 4.69) is 73.2 Å². The van der Waals surface area contributed by atoms with E-state index in [0.717, 1.165) is 0 Å². The molecule has 0 saturated heterocycles. The molecule has 0 aromatic heterocycles. The van der Waals surface area contributed by atoms with Crippen LogP contribution in [0.1, 0.15) is 37.1 Å². The number of benzene rings is 2. The summed E-state index contributed by atoms with van der Waals surface area (Å²) in [5, 5.41) is 0. The largest absolute Gasteiger partial charge is 0.250 e. The average molecular weight is 240 g/mol. The monoisotopic (exact) mass is 240 g/mol. The first-order valence-electron chi connectivity index (χ1n) is 6.38. The van der Waals surface area contributed by atoms with Crippen molar-refractivity contribution in [2.75, 3.05) is 0 Å². The average Bonchev–Trinajstić information content (AvgIpc) is 2.46. The topological polar surface area (TPSA) is 24.1 Å². The predicted octanol–water partition coefficient (Wildman–Crippen LogP) is 3.60. The second-order valence-electron chi connectivity index (χ2n) is 4.55. The van der Waals surface area contributed by atoms with Crippen LogP contribution in [0.5, 0.6) is 0 Å². The lowest BCUT2D eigenvalue weighted by Gasteiger charge is -2.20. The van der Waals surface area contributed by atoms with Crippen molar-refractivity contribution in [3.63, 3.8) is 0 Å². The van der Waals surface area contributed by atoms with E-state index in [1.54, 1.807) is 0 Å². The Hall–Kier alpha value is -1.64. The van der Waals surface area contributed by atoms with Gasteiger partial charge >= 0.3 is 0 Å². The molecule has 2 N–H and O–H groups in total. The molecule has 0 spiro atoms. The first-order chi connectivity index (χ1) is 8.77. The van der Waals surface area contributed by atoms with Crippen LogP contribution in [0.25, 0.3) is 0 Å². The summed E-state index contributed by atoms with van der Waals surface area (Å²) in [4.78, 5) is 0. The number of hydrogen-bond donors (Lipinski definition) is 2. The van der Waals surface area contributed by atoms with Gasteiger partial charge in [0.2, 0.25) is 0 Å². The molecule has 0 aliphatic rings. The molecule has 0 saturated carbocycles. The number of rotatable bonds is 5. The van der Waals surface area contributed by atoms with Crippen LogP contribution in [-0.2, 0) is 0 Å². The predicted molar refractivity (Wildman–Crippen MR) is 76.0 cm³/mol. The minimum Gasteiger partial charge on any atom is -0.250 e. The summed E-state index contributed by atoms with van der Waals surface area (Å²) in [5.41, 5.74) is 9.26. The van der Waals surface area contributed by atoms with Crippen molar-refractivity contribution in [2.24, 2.45) is 0 Å². The van der Waals surface area contributed by atoms with Gasteiger partial charge in [0, 0.05) is 12.1 Å². The minimum absolute atomic E-state index is 0.289. The molecule has 0 heterocycles. The Kier molecular flexibility index (Phi) is 4.51. The Balaban J connectivity index is 1.89. The molecule has 2 atom stereocenters. The summed E-state index contributed by atoms with van der Waals surface area (Å²) in [7, 11) is 0. The molecule has 0 fully saturated rings. The van der Waals surface area contributed by atoms with Crippen LogP contribution in [0.15, 0.2) is 60.7 Å². The highest BCUT2D eigenvalue weighted by Gasteiger charge is 2.07. The lowest BCUT2D eigenvalue weighted by Crippen LogP contribution is -2.36. The first-order valence-corrected chi connectivity index (χ1v) is 6.38.